The molecule has 1 N–H and O–H groups in total. The molecule has 2 aliphatic carbocycles. The van der Waals surface area contributed by atoms with Gasteiger partial charge < -0.3 is 4.98 Å². The van der Waals surface area contributed by atoms with E-state index in [2.05, 4.69) is 41.4 Å². The lowest BCUT2D eigenvalue weighted by Crippen LogP contribution is -2.36. The SMILES string of the molecule is S=c1nc(-c2ccccc2)[nH]c2c1C1(CCCCC1)Cc1ccccc1-2. The summed E-state index contributed by atoms with van der Waals surface area (Å²) < 4.78 is 0.786. The quantitative estimate of drug-likeness (QED) is 0.522. The molecule has 0 amide bonds. The summed E-state index contributed by atoms with van der Waals surface area (Å²) in [5.41, 5.74) is 6.49. The van der Waals surface area contributed by atoms with Gasteiger partial charge in [-0.25, -0.2) is 4.98 Å². The van der Waals surface area contributed by atoms with Crippen molar-refractivity contribution in [3.8, 4) is 22.6 Å². The molecule has 0 saturated heterocycles. The van der Waals surface area contributed by atoms with Gasteiger partial charge in [-0.1, -0.05) is 86.1 Å². The molecule has 2 aromatic carbocycles. The summed E-state index contributed by atoms with van der Waals surface area (Å²) in [5.74, 6) is 0.872. The lowest BCUT2D eigenvalue weighted by Gasteiger charge is -2.42. The number of benzene rings is 2. The van der Waals surface area contributed by atoms with Gasteiger partial charge in [-0.05, 0) is 24.8 Å². The van der Waals surface area contributed by atoms with Gasteiger partial charge in [0.25, 0.3) is 0 Å². The van der Waals surface area contributed by atoms with Crippen LogP contribution in [0.25, 0.3) is 22.6 Å². The zero-order valence-electron chi connectivity index (χ0n) is 14.8. The van der Waals surface area contributed by atoms with E-state index in [1.165, 1.54) is 54.5 Å². The standard InChI is InChI=1S/C23H22N2S/c26-22-19-20(24-21(25-22)16-9-3-1-4-10-16)18-12-6-5-11-17(18)15-23(19)13-7-2-8-14-23/h1,3-6,9-12H,2,7-8,13-15H2,(H,24,25,26). The first-order valence-electron chi connectivity index (χ1n) is 9.55. The Morgan fingerprint density at radius 1 is 0.885 bits per heavy atom. The van der Waals surface area contributed by atoms with Crippen LogP contribution in [0.2, 0.25) is 0 Å². The first-order valence-corrected chi connectivity index (χ1v) is 9.96. The largest absolute Gasteiger partial charge is 0.339 e. The van der Waals surface area contributed by atoms with Crippen molar-refractivity contribution < 1.29 is 0 Å². The van der Waals surface area contributed by atoms with Crippen molar-refractivity contribution in [1.29, 1.82) is 0 Å². The molecular formula is C23H22N2S. The number of H-pyrrole nitrogens is 1. The fourth-order valence-corrected chi connectivity index (χ4v) is 5.34. The third-order valence-electron chi connectivity index (χ3n) is 6.12. The van der Waals surface area contributed by atoms with Crippen LogP contribution in [0.4, 0.5) is 0 Å². The lowest BCUT2D eigenvalue weighted by atomic mass is 9.62. The Kier molecular flexibility index (Phi) is 3.79. The van der Waals surface area contributed by atoms with Crippen molar-refractivity contribution in [2.75, 3.05) is 0 Å². The molecule has 3 aromatic rings. The van der Waals surface area contributed by atoms with Crippen molar-refractivity contribution >= 4 is 12.2 Å². The highest BCUT2D eigenvalue weighted by atomic mass is 32.1. The molecule has 0 atom stereocenters. The maximum atomic E-state index is 5.88. The van der Waals surface area contributed by atoms with Gasteiger partial charge in [0.2, 0.25) is 0 Å². The van der Waals surface area contributed by atoms with Crippen molar-refractivity contribution in [2.24, 2.45) is 0 Å². The van der Waals surface area contributed by atoms with Crippen molar-refractivity contribution in [3.63, 3.8) is 0 Å². The van der Waals surface area contributed by atoms with Crippen LogP contribution >= 0.6 is 12.2 Å². The van der Waals surface area contributed by atoms with Crippen LogP contribution in [0.1, 0.15) is 43.2 Å². The fourth-order valence-electron chi connectivity index (χ4n) is 4.93. The van der Waals surface area contributed by atoms with Crippen molar-refractivity contribution in [3.05, 3.63) is 70.4 Å². The molecule has 0 aliphatic heterocycles. The minimum absolute atomic E-state index is 0.164. The molecule has 130 valence electrons. The van der Waals surface area contributed by atoms with Crippen LogP contribution in [0, 0.1) is 4.64 Å². The smallest absolute Gasteiger partial charge is 0.139 e. The van der Waals surface area contributed by atoms with Crippen molar-refractivity contribution in [2.45, 2.75) is 43.9 Å². The van der Waals surface area contributed by atoms with Crippen LogP contribution in [0.5, 0.6) is 0 Å². The Hall–Kier alpha value is -2.26. The summed E-state index contributed by atoms with van der Waals surface area (Å²) in [6.07, 6.45) is 7.45. The topological polar surface area (TPSA) is 28.7 Å². The Labute approximate surface area is 159 Å². The predicted octanol–water partition coefficient (Wildman–Crippen LogP) is 6.23. The number of aromatic amines is 1. The average molecular weight is 359 g/mol. The second-order valence-electron chi connectivity index (χ2n) is 7.68. The van der Waals surface area contributed by atoms with Crippen molar-refractivity contribution in [1.82, 2.24) is 9.97 Å². The number of nitrogens with one attached hydrogen (secondary N) is 1. The molecule has 1 heterocycles. The van der Waals surface area contributed by atoms with Gasteiger partial charge in [-0.3, -0.25) is 0 Å². The van der Waals surface area contributed by atoms with Gasteiger partial charge in [-0.2, -0.15) is 0 Å². The molecule has 1 aromatic heterocycles. The van der Waals surface area contributed by atoms with E-state index in [9.17, 15) is 0 Å². The van der Waals surface area contributed by atoms with Gasteiger partial charge >= 0.3 is 0 Å². The van der Waals surface area contributed by atoms with Gasteiger partial charge in [0.1, 0.15) is 10.5 Å². The minimum atomic E-state index is 0.164. The molecule has 0 unspecified atom stereocenters. The van der Waals surface area contributed by atoms with E-state index in [0.717, 1.165) is 22.4 Å². The Morgan fingerprint density at radius 3 is 2.42 bits per heavy atom. The number of nitrogens with zero attached hydrogens (tertiary/aromatic N) is 1. The Morgan fingerprint density at radius 2 is 1.62 bits per heavy atom. The number of hydrogen-bond donors (Lipinski definition) is 1. The Bertz CT molecular complexity index is 1010. The summed E-state index contributed by atoms with van der Waals surface area (Å²) in [5, 5.41) is 0. The van der Waals surface area contributed by atoms with Gasteiger partial charge in [-0.15, -0.1) is 0 Å². The van der Waals surface area contributed by atoms with E-state index < -0.39 is 0 Å². The van der Waals surface area contributed by atoms with Gasteiger partial charge in [0, 0.05) is 22.1 Å². The monoisotopic (exact) mass is 358 g/mol. The summed E-state index contributed by atoms with van der Waals surface area (Å²) >= 11 is 5.88. The van der Waals surface area contributed by atoms with Crippen LogP contribution < -0.4 is 0 Å². The van der Waals surface area contributed by atoms with E-state index >= 15 is 0 Å². The van der Waals surface area contributed by atoms with Gasteiger partial charge in [0.05, 0.1) is 5.69 Å². The van der Waals surface area contributed by atoms with E-state index in [4.69, 9.17) is 17.2 Å². The number of rotatable bonds is 1. The zero-order chi connectivity index (χ0) is 17.6. The predicted molar refractivity (Wildman–Crippen MR) is 109 cm³/mol. The molecule has 1 saturated carbocycles. The normalized spacial score (nSPS) is 17.5. The molecule has 1 spiro atoms. The summed E-state index contributed by atoms with van der Waals surface area (Å²) in [7, 11) is 0. The maximum absolute atomic E-state index is 5.88. The Balaban J connectivity index is 1.79. The van der Waals surface area contributed by atoms with E-state index in [1.807, 2.05) is 18.2 Å². The van der Waals surface area contributed by atoms with Crippen LogP contribution in [0.3, 0.4) is 0 Å². The molecule has 0 bridgehead atoms. The molecule has 3 heteroatoms. The number of hydrogen-bond acceptors (Lipinski definition) is 2. The van der Waals surface area contributed by atoms with E-state index in [0.29, 0.717) is 0 Å². The highest BCUT2D eigenvalue weighted by Crippen LogP contribution is 2.50. The van der Waals surface area contributed by atoms with Crippen LogP contribution in [-0.2, 0) is 11.8 Å². The summed E-state index contributed by atoms with van der Waals surface area (Å²) in [6, 6.07) is 19.1. The summed E-state index contributed by atoms with van der Waals surface area (Å²) in [4.78, 5) is 8.51. The third kappa shape index (κ3) is 2.45. The third-order valence-corrected chi connectivity index (χ3v) is 6.42. The highest BCUT2D eigenvalue weighted by Gasteiger charge is 2.41. The molecular weight excluding hydrogens is 336 g/mol. The van der Waals surface area contributed by atoms with E-state index in [-0.39, 0.29) is 5.41 Å². The number of aromatic nitrogens is 2. The fraction of sp³-hybridized carbons (Fsp3) is 0.304. The van der Waals surface area contributed by atoms with Crippen LogP contribution in [0.15, 0.2) is 54.6 Å². The van der Waals surface area contributed by atoms with Crippen LogP contribution in [-0.4, -0.2) is 9.97 Å². The summed E-state index contributed by atoms with van der Waals surface area (Å²) in [6.45, 7) is 0. The molecule has 1 fully saturated rings. The van der Waals surface area contributed by atoms with E-state index in [1.54, 1.807) is 0 Å². The average Bonchev–Trinajstić information content (AvgIpc) is 2.69. The number of fused-ring (bicyclic) bond motifs is 4. The molecule has 5 rings (SSSR count). The molecule has 26 heavy (non-hydrogen) atoms. The molecule has 2 nitrogen and oxygen atoms in total. The lowest BCUT2D eigenvalue weighted by molar-refractivity contribution is 0.286. The zero-order valence-corrected chi connectivity index (χ0v) is 15.6. The molecule has 0 radical (unpaired) electrons. The second kappa shape index (κ2) is 6.17. The first kappa shape index (κ1) is 16.0. The molecule has 2 aliphatic rings. The highest BCUT2D eigenvalue weighted by molar-refractivity contribution is 7.71. The minimum Gasteiger partial charge on any atom is -0.339 e. The maximum Gasteiger partial charge on any atom is 0.139 e. The second-order valence-corrected chi connectivity index (χ2v) is 8.07. The first-order chi connectivity index (χ1) is 12.8. The van der Waals surface area contributed by atoms with Gasteiger partial charge in [0.15, 0.2) is 0 Å².